The first-order chi connectivity index (χ1) is 12.3. The van der Waals surface area contributed by atoms with Crippen LogP contribution in [0.2, 0.25) is 0 Å². The summed E-state index contributed by atoms with van der Waals surface area (Å²) in [4.78, 5) is 14.3. The van der Waals surface area contributed by atoms with Crippen molar-refractivity contribution in [3.05, 3.63) is 46.5 Å². The van der Waals surface area contributed by atoms with E-state index < -0.39 is 0 Å². The summed E-state index contributed by atoms with van der Waals surface area (Å²) in [5.41, 5.74) is 3.44. The maximum Gasteiger partial charge on any atom is 0.318 e. The van der Waals surface area contributed by atoms with Crippen LogP contribution < -0.4 is 5.32 Å². The fraction of sp³-hybridized carbons (Fsp3) is 0.444. The van der Waals surface area contributed by atoms with Crippen molar-refractivity contribution in [1.82, 2.24) is 25.0 Å². The lowest BCUT2D eigenvalue weighted by Gasteiger charge is -2.30. The van der Waals surface area contributed by atoms with E-state index in [1.165, 1.54) is 5.56 Å². The molecule has 7 heteroatoms. The highest BCUT2D eigenvalue weighted by molar-refractivity contribution is 5.74. The molecule has 0 saturated carbocycles. The van der Waals surface area contributed by atoms with Crippen LogP contribution in [0.4, 0.5) is 4.79 Å². The van der Waals surface area contributed by atoms with E-state index in [2.05, 4.69) is 26.2 Å². The molecule has 1 aromatic heterocycles. The van der Waals surface area contributed by atoms with Gasteiger partial charge in [-0.05, 0) is 29.5 Å². The number of hydrogen-bond donors (Lipinski definition) is 1. The van der Waals surface area contributed by atoms with Crippen LogP contribution in [0.15, 0.2) is 18.2 Å². The van der Waals surface area contributed by atoms with E-state index in [-0.39, 0.29) is 6.03 Å². The summed E-state index contributed by atoms with van der Waals surface area (Å²) in [6, 6.07) is 8.15. The number of nitrogens with one attached hydrogen (secondary N) is 1. The van der Waals surface area contributed by atoms with Crippen LogP contribution in [0.25, 0.3) is 0 Å². The van der Waals surface area contributed by atoms with Gasteiger partial charge in [-0.15, -0.1) is 10.2 Å². The molecule has 2 amide bonds. The molecule has 4 rings (SSSR count). The Bertz CT molecular complexity index is 850. The number of hydrogen-bond acceptors (Lipinski definition) is 4. The maximum absolute atomic E-state index is 12.5. The number of aromatic nitrogens is 3. The van der Waals surface area contributed by atoms with Gasteiger partial charge in [-0.2, -0.15) is 5.26 Å². The molecule has 128 valence electrons. The van der Waals surface area contributed by atoms with Crippen LogP contribution in [-0.4, -0.2) is 32.2 Å². The van der Waals surface area contributed by atoms with Crippen molar-refractivity contribution in [3.63, 3.8) is 0 Å². The largest absolute Gasteiger partial charge is 0.331 e. The highest BCUT2D eigenvalue weighted by atomic mass is 16.2. The number of carbonyl (C=O) groups is 1. The van der Waals surface area contributed by atoms with E-state index in [0.29, 0.717) is 26.1 Å². The van der Waals surface area contributed by atoms with E-state index in [0.717, 1.165) is 48.6 Å². The zero-order valence-electron chi connectivity index (χ0n) is 14.0. The zero-order chi connectivity index (χ0) is 17.2. The molecular formula is C18H20N6O. The van der Waals surface area contributed by atoms with Crippen LogP contribution >= 0.6 is 0 Å². The Balaban J connectivity index is 1.40. The van der Waals surface area contributed by atoms with Crippen molar-refractivity contribution in [2.45, 2.75) is 45.3 Å². The summed E-state index contributed by atoms with van der Waals surface area (Å²) in [5, 5.41) is 20.3. The van der Waals surface area contributed by atoms with Crippen LogP contribution in [0, 0.1) is 11.3 Å². The molecule has 25 heavy (non-hydrogen) atoms. The van der Waals surface area contributed by atoms with Crippen LogP contribution in [0.1, 0.15) is 34.8 Å². The third kappa shape index (κ3) is 2.95. The van der Waals surface area contributed by atoms with Gasteiger partial charge in [0.05, 0.1) is 19.0 Å². The first-order valence-electron chi connectivity index (χ1n) is 8.66. The molecular weight excluding hydrogens is 316 g/mol. The molecule has 0 unspecified atom stereocenters. The average molecular weight is 336 g/mol. The van der Waals surface area contributed by atoms with E-state index >= 15 is 0 Å². The second-order valence-electron chi connectivity index (χ2n) is 6.51. The fourth-order valence-electron chi connectivity index (χ4n) is 3.72. The Labute approximate surface area is 146 Å². The number of urea groups is 1. The molecule has 0 fully saturated rings. The summed E-state index contributed by atoms with van der Waals surface area (Å²) in [7, 11) is 0. The molecule has 0 spiro atoms. The Kier molecular flexibility index (Phi) is 4.10. The number of benzene rings is 1. The molecule has 7 nitrogen and oxygen atoms in total. The van der Waals surface area contributed by atoms with Gasteiger partial charge >= 0.3 is 6.03 Å². The lowest BCUT2D eigenvalue weighted by molar-refractivity contribution is 0.191. The molecule has 1 N–H and O–H groups in total. The number of nitrogens with zero attached hydrogens (tertiary/aromatic N) is 5. The van der Waals surface area contributed by atoms with Crippen molar-refractivity contribution >= 4 is 6.03 Å². The van der Waals surface area contributed by atoms with Gasteiger partial charge in [-0.3, -0.25) is 0 Å². The average Bonchev–Trinajstić information content (AvgIpc) is 3.24. The fourth-order valence-corrected chi connectivity index (χ4v) is 3.72. The van der Waals surface area contributed by atoms with Gasteiger partial charge in [-0.1, -0.05) is 18.2 Å². The molecule has 0 aliphatic carbocycles. The van der Waals surface area contributed by atoms with Gasteiger partial charge in [-0.25, -0.2) is 4.79 Å². The van der Waals surface area contributed by atoms with Gasteiger partial charge < -0.3 is 14.8 Å². The summed E-state index contributed by atoms with van der Waals surface area (Å²) >= 11 is 0. The molecule has 1 aromatic carbocycles. The number of carbonyl (C=O) groups excluding carboxylic acids is 1. The number of amides is 2. The third-order valence-electron chi connectivity index (χ3n) is 5.00. The molecule has 2 aliphatic rings. The predicted octanol–water partition coefficient (Wildman–Crippen LogP) is 1.56. The maximum atomic E-state index is 12.5. The predicted molar refractivity (Wildman–Crippen MR) is 90.5 cm³/mol. The molecule has 3 heterocycles. The Morgan fingerprint density at radius 2 is 2.20 bits per heavy atom. The van der Waals surface area contributed by atoms with E-state index in [9.17, 15) is 4.79 Å². The highest BCUT2D eigenvalue weighted by Crippen LogP contribution is 2.23. The first-order valence-corrected chi connectivity index (χ1v) is 8.66. The molecule has 0 bridgehead atoms. The van der Waals surface area contributed by atoms with Gasteiger partial charge in [0.1, 0.15) is 5.82 Å². The monoisotopic (exact) mass is 336 g/mol. The van der Waals surface area contributed by atoms with Crippen molar-refractivity contribution in [2.75, 3.05) is 6.54 Å². The van der Waals surface area contributed by atoms with Crippen LogP contribution in [0.5, 0.6) is 0 Å². The van der Waals surface area contributed by atoms with Crippen LogP contribution in [-0.2, 0) is 38.9 Å². The normalized spacial score (nSPS) is 15.4. The molecule has 2 aromatic rings. The van der Waals surface area contributed by atoms with E-state index in [1.54, 1.807) is 0 Å². The summed E-state index contributed by atoms with van der Waals surface area (Å²) in [6.07, 6.45) is 3.28. The lowest BCUT2D eigenvalue weighted by Crippen LogP contribution is -2.43. The standard InChI is InChI=1S/C18H20N6O/c19-8-6-13-3-1-4-14-12-23(10-7-15(13)14)18(25)20-11-17-22-21-16-5-2-9-24(16)17/h1,3-4H,2,5-7,9-12H2,(H,20,25). The first kappa shape index (κ1) is 15.6. The Hall–Kier alpha value is -2.88. The molecule has 2 aliphatic heterocycles. The minimum atomic E-state index is -0.0771. The van der Waals surface area contributed by atoms with E-state index in [4.69, 9.17) is 5.26 Å². The lowest BCUT2D eigenvalue weighted by atomic mass is 9.93. The smallest absolute Gasteiger partial charge is 0.318 e. The summed E-state index contributed by atoms with van der Waals surface area (Å²) in [5.74, 6) is 1.84. The number of rotatable bonds is 3. The van der Waals surface area contributed by atoms with Gasteiger partial charge in [0.2, 0.25) is 0 Å². The SMILES string of the molecule is N#CCc1cccc2c1CCN(C(=O)NCc1nnc3n1CCC3)C2. The summed E-state index contributed by atoms with van der Waals surface area (Å²) in [6.45, 7) is 2.59. The topological polar surface area (TPSA) is 86.8 Å². The van der Waals surface area contributed by atoms with Crippen molar-refractivity contribution in [2.24, 2.45) is 0 Å². The minimum absolute atomic E-state index is 0.0771. The Morgan fingerprint density at radius 3 is 3.08 bits per heavy atom. The zero-order valence-corrected chi connectivity index (χ0v) is 14.0. The van der Waals surface area contributed by atoms with Crippen molar-refractivity contribution in [3.8, 4) is 6.07 Å². The summed E-state index contributed by atoms with van der Waals surface area (Å²) < 4.78 is 2.10. The van der Waals surface area contributed by atoms with Gasteiger partial charge in [0.25, 0.3) is 0 Å². The Morgan fingerprint density at radius 1 is 1.28 bits per heavy atom. The molecule has 0 atom stereocenters. The van der Waals surface area contributed by atoms with E-state index in [1.807, 2.05) is 23.1 Å². The van der Waals surface area contributed by atoms with Crippen LogP contribution in [0.3, 0.4) is 0 Å². The second kappa shape index (κ2) is 6.55. The third-order valence-corrected chi connectivity index (χ3v) is 5.00. The van der Waals surface area contributed by atoms with Crippen molar-refractivity contribution < 1.29 is 4.79 Å². The number of fused-ring (bicyclic) bond motifs is 2. The van der Waals surface area contributed by atoms with Crippen molar-refractivity contribution in [1.29, 1.82) is 5.26 Å². The highest BCUT2D eigenvalue weighted by Gasteiger charge is 2.23. The quantitative estimate of drug-likeness (QED) is 0.921. The van der Waals surface area contributed by atoms with Gasteiger partial charge in [0, 0.05) is 26.1 Å². The number of nitriles is 1. The second-order valence-corrected chi connectivity index (χ2v) is 6.51. The van der Waals surface area contributed by atoms with Gasteiger partial charge in [0.15, 0.2) is 5.82 Å². The molecule has 0 radical (unpaired) electrons. The molecule has 0 saturated heterocycles. The number of aryl methyl sites for hydroxylation is 1. The minimum Gasteiger partial charge on any atom is -0.331 e.